The molecule has 3 unspecified atom stereocenters. The van der Waals surface area contributed by atoms with Crippen molar-refractivity contribution in [2.75, 3.05) is 24.1 Å². The fourth-order valence-electron chi connectivity index (χ4n) is 4.55. The van der Waals surface area contributed by atoms with Gasteiger partial charge in [0.2, 0.25) is 0 Å². The minimum Gasteiger partial charge on any atom is -0.365 e. The molecule has 13 heteroatoms. The summed E-state index contributed by atoms with van der Waals surface area (Å²) < 4.78 is 67.3. The largest absolute Gasteiger partial charge is 0.416 e. The lowest BCUT2D eigenvalue weighted by Gasteiger charge is -2.40. The van der Waals surface area contributed by atoms with Crippen molar-refractivity contribution in [2.24, 2.45) is 0 Å². The molecule has 1 saturated carbocycles. The number of anilines is 2. The van der Waals surface area contributed by atoms with Crippen molar-refractivity contribution in [3.63, 3.8) is 0 Å². The number of aromatic nitrogens is 3. The Bertz CT molecular complexity index is 1340. The predicted octanol–water partition coefficient (Wildman–Crippen LogP) is 5.02. The van der Waals surface area contributed by atoms with Crippen LogP contribution < -0.4 is 10.0 Å². The van der Waals surface area contributed by atoms with E-state index in [1.807, 2.05) is 19.0 Å². The zero-order valence-electron chi connectivity index (χ0n) is 20.1. The van der Waals surface area contributed by atoms with Gasteiger partial charge in [0.25, 0.3) is 10.0 Å². The Hall–Kier alpha value is -2.96. The van der Waals surface area contributed by atoms with E-state index in [0.29, 0.717) is 30.6 Å². The van der Waals surface area contributed by atoms with Gasteiger partial charge in [-0.1, -0.05) is 29.8 Å². The molecule has 1 aromatic carbocycles. The van der Waals surface area contributed by atoms with E-state index in [9.17, 15) is 21.6 Å². The number of sulfonamides is 1. The van der Waals surface area contributed by atoms with Crippen LogP contribution in [-0.2, 0) is 16.2 Å². The van der Waals surface area contributed by atoms with E-state index < -0.39 is 21.8 Å². The summed E-state index contributed by atoms with van der Waals surface area (Å²) >= 11 is 6.41. The number of pyridine rings is 1. The molecule has 0 radical (unpaired) electrons. The maximum atomic E-state index is 13.2. The lowest BCUT2D eigenvalue weighted by atomic mass is 9.78. The van der Waals surface area contributed by atoms with Crippen molar-refractivity contribution in [3.05, 3.63) is 71.3 Å². The minimum atomic E-state index is -4.39. The minimum absolute atomic E-state index is 0.0194. The summed E-state index contributed by atoms with van der Waals surface area (Å²) in [5.41, 5.74) is 0.0221. The van der Waals surface area contributed by atoms with Crippen LogP contribution in [0.2, 0.25) is 5.02 Å². The first-order valence-electron chi connectivity index (χ1n) is 11.5. The fourth-order valence-corrected chi connectivity index (χ4v) is 5.82. The first-order chi connectivity index (χ1) is 17.4. The predicted molar refractivity (Wildman–Crippen MR) is 135 cm³/mol. The summed E-state index contributed by atoms with van der Waals surface area (Å²) in [6, 6.07) is 8.12. The molecular formula is C24H26ClF3N6O2S. The lowest BCUT2D eigenvalue weighted by molar-refractivity contribution is -0.137. The van der Waals surface area contributed by atoms with Crippen LogP contribution in [0.25, 0.3) is 0 Å². The Morgan fingerprint density at radius 2 is 1.89 bits per heavy atom. The van der Waals surface area contributed by atoms with Crippen LogP contribution in [0.4, 0.5) is 24.8 Å². The molecule has 2 N–H and O–H groups in total. The molecule has 0 spiro atoms. The summed E-state index contributed by atoms with van der Waals surface area (Å²) in [6.45, 7) is 0. The maximum absolute atomic E-state index is 13.2. The van der Waals surface area contributed by atoms with E-state index in [0.717, 1.165) is 6.07 Å². The van der Waals surface area contributed by atoms with Crippen LogP contribution in [0.5, 0.6) is 0 Å². The smallest absolute Gasteiger partial charge is 0.365 e. The highest BCUT2D eigenvalue weighted by Gasteiger charge is 2.35. The Morgan fingerprint density at radius 3 is 2.54 bits per heavy atom. The molecule has 3 atom stereocenters. The van der Waals surface area contributed by atoms with Gasteiger partial charge in [0.1, 0.15) is 22.9 Å². The average Bonchev–Trinajstić information content (AvgIpc) is 2.85. The van der Waals surface area contributed by atoms with Gasteiger partial charge in [-0.3, -0.25) is 4.72 Å². The molecule has 1 fully saturated rings. The normalized spacial score (nSPS) is 20.6. The Morgan fingerprint density at radius 1 is 1.11 bits per heavy atom. The monoisotopic (exact) mass is 554 g/mol. The van der Waals surface area contributed by atoms with Crippen LogP contribution in [0.1, 0.15) is 36.3 Å². The number of nitrogens with one attached hydrogen (secondary N) is 2. The Kier molecular flexibility index (Phi) is 7.91. The van der Waals surface area contributed by atoms with Gasteiger partial charge in [0.15, 0.2) is 0 Å². The molecule has 4 rings (SSSR count). The van der Waals surface area contributed by atoms with Crippen molar-refractivity contribution in [1.29, 1.82) is 0 Å². The zero-order valence-corrected chi connectivity index (χ0v) is 21.6. The number of nitrogens with zero attached hydrogens (tertiary/aromatic N) is 4. The van der Waals surface area contributed by atoms with Gasteiger partial charge in [-0.2, -0.15) is 13.2 Å². The maximum Gasteiger partial charge on any atom is 0.416 e. The van der Waals surface area contributed by atoms with Crippen molar-refractivity contribution in [1.82, 2.24) is 19.9 Å². The molecule has 37 heavy (non-hydrogen) atoms. The number of hydrogen-bond donors (Lipinski definition) is 2. The van der Waals surface area contributed by atoms with Crippen LogP contribution >= 0.6 is 11.6 Å². The second kappa shape index (κ2) is 10.8. The average molecular weight is 555 g/mol. The van der Waals surface area contributed by atoms with E-state index in [-0.39, 0.29) is 33.7 Å². The molecule has 0 bridgehead atoms. The number of alkyl halides is 3. The molecule has 3 aromatic rings. The van der Waals surface area contributed by atoms with Crippen molar-refractivity contribution >= 4 is 33.3 Å². The number of halogens is 4. The molecule has 2 aromatic heterocycles. The van der Waals surface area contributed by atoms with Gasteiger partial charge in [0.05, 0.1) is 10.6 Å². The lowest BCUT2D eigenvalue weighted by Crippen LogP contribution is -2.47. The van der Waals surface area contributed by atoms with E-state index in [1.165, 1.54) is 43.0 Å². The summed E-state index contributed by atoms with van der Waals surface area (Å²) in [7, 11) is -0.137. The highest BCUT2D eigenvalue weighted by Crippen LogP contribution is 2.39. The molecule has 1 aliphatic carbocycles. The molecule has 0 amide bonds. The number of likely N-dealkylation sites (N-methyl/N-ethyl adjacent to an activating group) is 1. The van der Waals surface area contributed by atoms with Gasteiger partial charge >= 0.3 is 6.18 Å². The molecular weight excluding hydrogens is 529 g/mol. The van der Waals surface area contributed by atoms with E-state index >= 15 is 0 Å². The van der Waals surface area contributed by atoms with Crippen molar-refractivity contribution in [2.45, 2.75) is 48.3 Å². The number of benzene rings is 1. The summed E-state index contributed by atoms with van der Waals surface area (Å²) in [5, 5.41) is 3.44. The number of rotatable bonds is 7. The first kappa shape index (κ1) is 27.1. The van der Waals surface area contributed by atoms with E-state index in [2.05, 4.69) is 25.0 Å². The van der Waals surface area contributed by atoms with Crippen LogP contribution in [0, 0.1) is 0 Å². The van der Waals surface area contributed by atoms with Gasteiger partial charge < -0.3 is 10.2 Å². The highest BCUT2D eigenvalue weighted by atomic mass is 35.5. The van der Waals surface area contributed by atoms with Gasteiger partial charge in [-0.25, -0.2) is 23.4 Å². The quantitative estimate of drug-likeness (QED) is 0.423. The second-order valence-electron chi connectivity index (χ2n) is 9.12. The summed E-state index contributed by atoms with van der Waals surface area (Å²) in [5.74, 6) is 0.410. The summed E-state index contributed by atoms with van der Waals surface area (Å²) in [4.78, 5) is 13.7. The Balaban J connectivity index is 1.48. The fraction of sp³-hybridized carbons (Fsp3) is 0.375. The summed E-state index contributed by atoms with van der Waals surface area (Å²) in [6.07, 6.45) is 1.43. The van der Waals surface area contributed by atoms with Crippen LogP contribution in [-0.4, -0.2) is 54.4 Å². The number of hydrogen-bond acceptors (Lipinski definition) is 7. The molecule has 2 heterocycles. The standard InChI is InChI=1S/C24H26ClF3N6O2S/c1-34(2)21-11-16(15-4-3-5-17(10-15)24(26,27)28)6-7-20(21)32-23-19(25)12-18(13-30-23)37(35,36)33-22-8-9-29-14-31-22/h3-5,8-10,12-14,16,20-21H,6-7,11H2,1-2H3,(H,30,32)(H,29,31,33). The van der Waals surface area contributed by atoms with Crippen molar-refractivity contribution < 1.29 is 21.6 Å². The third-order valence-electron chi connectivity index (χ3n) is 6.43. The molecule has 198 valence electrons. The Labute approximate surface area is 218 Å². The van der Waals surface area contributed by atoms with Crippen LogP contribution in [0.3, 0.4) is 0 Å². The second-order valence-corrected chi connectivity index (χ2v) is 11.2. The van der Waals surface area contributed by atoms with Crippen molar-refractivity contribution in [3.8, 4) is 0 Å². The molecule has 1 aliphatic rings. The molecule has 0 saturated heterocycles. The molecule has 0 aliphatic heterocycles. The zero-order chi connectivity index (χ0) is 26.8. The van der Waals surface area contributed by atoms with E-state index in [4.69, 9.17) is 11.6 Å². The third kappa shape index (κ3) is 6.49. The highest BCUT2D eigenvalue weighted by molar-refractivity contribution is 7.92. The van der Waals surface area contributed by atoms with E-state index in [1.54, 1.807) is 6.07 Å². The third-order valence-corrected chi connectivity index (χ3v) is 8.04. The van der Waals surface area contributed by atoms with Gasteiger partial charge in [-0.05, 0) is 63.0 Å². The van der Waals surface area contributed by atoms with Gasteiger partial charge in [0, 0.05) is 24.5 Å². The first-order valence-corrected chi connectivity index (χ1v) is 13.3. The van der Waals surface area contributed by atoms with Gasteiger partial charge in [-0.15, -0.1) is 0 Å². The van der Waals surface area contributed by atoms with Crippen LogP contribution in [0.15, 0.2) is 60.0 Å². The SMILES string of the molecule is CN(C)C1CC(c2cccc(C(F)(F)F)c2)CCC1Nc1ncc(S(=O)(=O)Nc2ccncn2)cc1Cl. The topological polar surface area (TPSA) is 100 Å². The molecule has 8 nitrogen and oxygen atoms in total.